The quantitative estimate of drug-likeness (QED) is 0.791. The fourth-order valence-electron chi connectivity index (χ4n) is 1.67. The minimum Gasteiger partial charge on any atom is -0.494 e. The molecule has 1 rings (SSSR count). The Bertz CT molecular complexity index is 568. The lowest BCUT2D eigenvalue weighted by atomic mass is 10.2. The van der Waals surface area contributed by atoms with E-state index in [0.29, 0.717) is 12.4 Å². The van der Waals surface area contributed by atoms with Gasteiger partial charge in [0, 0.05) is 13.6 Å². The molecule has 0 heterocycles. The second kappa shape index (κ2) is 7.42. The zero-order chi connectivity index (χ0) is 16.0. The van der Waals surface area contributed by atoms with Crippen LogP contribution in [0.25, 0.3) is 0 Å². The molecule has 1 aromatic rings. The lowest BCUT2D eigenvalue weighted by Gasteiger charge is -2.19. The first-order valence-electron chi connectivity index (χ1n) is 6.71. The van der Waals surface area contributed by atoms with Gasteiger partial charge in [0.15, 0.2) is 0 Å². The Hall–Kier alpha value is -1.60. The second-order valence-corrected chi connectivity index (χ2v) is 6.89. The van der Waals surface area contributed by atoms with Crippen molar-refractivity contribution in [2.75, 3.05) is 20.2 Å². The summed E-state index contributed by atoms with van der Waals surface area (Å²) in [6, 6.07) is 6.11. The Kier molecular flexibility index (Phi) is 6.17. The zero-order valence-electron chi connectivity index (χ0n) is 12.4. The highest BCUT2D eigenvalue weighted by Gasteiger charge is 2.24. The Morgan fingerprint density at radius 3 is 2.38 bits per heavy atom. The van der Waals surface area contributed by atoms with Gasteiger partial charge >= 0.3 is 5.97 Å². The Balaban J connectivity index is 2.84. The number of hydrogen-bond acceptors (Lipinski definition) is 4. The van der Waals surface area contributed by atoms with E-state index >= 15 is 0 Å². The van der Waals surface area contributed by atoms with E-state index < -0.39 is 21.9 Å². The van der Waals surface area contributed by atoms with Crippen molar-refractivity contribution >= 4 is 16.0 Å². The summed E-state index contributed by atoms with van der Waals surface area (Å²) in [6.45, 7) is 3.95. The number of ether oxygens (including phenoxy) is 1. The van der Waals surface area contributed by atoms with E-state index in [1.807, 2.05) is 6.92 Å². The van der Waals surface area contributed by atoms with Crippen LogP contribution < -0.4 is 4.74 Å². The molecule has 6 nitrogen and oxygen atoms in total. The van der Waals surface area contributed by atoms with Gasteiger partial charge in [0.25, 0.3) is 0 Å². The summed E-state index contributed by atoms with van der Waals surface area (Å²) in [5.74, 6) is -1.19. The molecule has 0 amide bonds. The summed E-state index contributed by atoms with van der Waals surface area (Å²) in [4.78, 5) is 10.9. The molecular formula is C14H21NO5S. The first kappa shape index (κ1) is 17.5. The van der Waals surface area contributed by atoms with Crippen LogP contribution in [-0.2, 0) is 14.8 Å². The first-order chi connectivity index (χ1) is 9.78. The third-order valence-corrected chi connectivity index (χ3v) is 4.79. The molecule has 0 aliphatic heterocycles. The molecule has 1 N–H and O–H groups in total. The molecule has 1 aromatic carbocycles. The number of carboxylic acid groups (broad SMARTS) is 1. The predicted molar refractivity (Wildman–Crippen MR) is 78.8 cm³/mol. The molecular weight excluding hydrogens is 294 g/mol. The highest BCUT2D eigenvalue weighted by Crippen LogP contribution is 2.19. The molecule has 0 radical (unpaired) electrons. The average molecular weight is 315 g/mol. The second-order valence-electron chi connectivity index (χ2n) is 4.84. The van der Waals surface area contributed by atoms with Crippen molar-refractivity contribution in [3.63, 3.8) is 0 Å². The van der Waals surface area contributed by atoms with Crippen molar-refractivity contribution in [1.82, 2.24) is 4.31 Å². The van der Waals surface area contributed by atoms with E-state index in [-0.39, 0.29) is 11.4 Å². The third-order valence-electron chi connectivity index (χ3n) is 2.96. The summed E-state index contributed by atoms with van der Waals surface area (Å²) in [7, 11) is -2.32. The molecule has 0 saturated heterocycles. The van der Waals surface area contributed by atoms with Gasteiger partial charge in [0.05, 0.1) is 17.4 Å². The van der Waals surface area contributed by atoms with Gasteiger partial charge in [-0.05, 0) is 30.7 Å². The lowest BCUT2D eigenvalue weighted by Crippen LogP contribution is -2.33. The fourth-order valence-corrected chi connectivity index (χ4v) is 2.93. The SMILES string of the molecule is CCCOc1ccc(S(=O)(=O)N(C)CC(C)C(=O)O)cc1. The molecule has 1 atom stereocenters. The van der Waals surface area contributed by atoms with E-state index in [4.69, 9.17) is 9.84 Å². The van der Waals surface area contributed by atoms with E-state index in [9.17, 15) is 13.2 Å². The van der Waals surface area contributed by atoms with Gasteiger partial charge < -0.3 is 9.84 Å². The maximum Gasteiger partial charge on any atom is 0.307 e. The monoisotopic (exact) mass is 315 g/mol. The Labute approximate surface area is 125 Å². The van der Waals surface area contributed by atoms with Gasteiger partial charge in [-0.2, -0.15) is 0 Å². The molecule has 0 saturated carbocycles. The fraction of sp³-hybridized carbons (Fsp3) is 0.500. The molecule has 0 aliphatic carbocycles. The van der Waals surface area contributed by atoms with Crippen LogP contribution in [-0.4, -0.2) is 44.0 Å². The van der Waals surface area contributed by atoms with Crippen LogP contribution in [0.5, 0.6) is 5.75 Å². The van der Waals surface area contributed by atoms with Crippen molar-refractivity contribution in [3.8, 4) is 5.75 Å². The van der Waals surface area contributed by atoms with Crippen LogP contribution in [0, 0.1) is 5.92 Å². The molecule has 1 unspecified atom stereocenters. The maximum atomic E-state index is 12.3. The normalized spacial score (nSPS) is 13.1. The largest absolute Gasteiger partial charge is 0.494 e. The van der Waals surface area contributed by atoms with Gasteiger partial charge in [0.1, 0.15) is 5.75 Å². The Morgan fingerprint density at radius 2 is 1.90 bits per heavy atom. The highest BCUT2D eigenvalue weighted by atomic mass is 32.2. The van der Waals surface area contributed by atoms with E-state index in [1.165, 1.54) is 26.1 Å². The number of sulfonamides is 1. The van der Waals surface area contributed by atoms with E-state index in [1.54, 1.807) is 12.1 Å². The molecule has 118 valence electrons. The number of rotatable bonds is 8. The molecule has 0 spiro atoms. The first-order valence-corrected chi connectivity index (χ1v) is 8.15. The van der Waals surface area contributed by atoms with Crippen LogP contribution >= 0.6 is 0 Å². The van der Waals surface area contributed by atoms with Crippen LogP contribution in [0.15, 0.2) is 29.2 Å². The van der Waals surface area contributed by atoms with Crippen LogP contribution in [0.3, 0.4) is 0 Å². The summed E-state index contributed by atoms with van der Waals surface area (Å²) in [5.41, 5.74) is 0. The van der Waals surface area contributed by atoms with Crippen molar-refractivity contribution in [2.45, 2.75) is 25.2 Å². The number of nitrogens with zero attached hydrogens (tertiary/aromatic N) is 1. The molecule has 0 aromatic heterocycles. The summed E-state index contributed by atoms with van der Waals surface area (Å²) >= 11 is 0. The van der Waals surface area contributed by atoms with Crippen molar-refractivity contribution < 1.29 is 23.1 Å². The number of hydrogen-bond donors (Lipinski definition) is 1. The number of aliphatic carboxylic acids is 1. The minimum atomic E-state index is -3.69. The van der Waals surface area contributed by atoms with Crippen LogP contribution in [0.4, 0.5) is 0 Å². The van der Waals surface area contributed by atoms with Crippen molar-refractivity contribution in [3.05, 3.63) is 24.3 Å². The molecule has 0 aliphatic rings. The molecule has 0 fully saturated rings. The zero-order valence-corrected chi connectivity index (χ0v) is 13.3. The lowest BCUT2D eigenvalue weighted by molar-refractivity contribution is -0.141. The van der Waals surface area contributed by atoms with Gasteiger partial charge in [-0.25, -0.2) is 12.7 Å². The van der Waals surface area contributed by atoms with E-state index in [0.717, 1.165) is 10.7 Å². The topological polar surface area (TPSA) is 83.9 Å². The average Bonchev–Trinajstić information content (AvgIpc) is 2.45. The summed E-state index contributed by atoms with van der Waals surface area (Å²) < 4.78 is 31.1. The van der Waals surface area contributed by atoms with Gasteiger partial charge in [-0.3, -0.25) is 4.79 Å². The number of carbonyl (C=O) groups is 1. The van der Waals surface area contributed by atoms with Gasteiger partial charge in [0.2, 0.25) is 10.0 Å². The van der Waals surface area contributed by atoms with Gasteiger partial charge in [-0.15, -0.1) is 0 Å². The maximum absolute atomic E-state index is 12.3. The molecule has 21 heavy (non-hydrogen) atoms. The summed E-state index contributed by atoms with van der Waals surface area (Å²) in [6.07, 6.45) is 0.871. The minimum absolute atomic E-state index is 0.0776. The smallest absolute Gasteiger partial charge is 0.307 e. The van der Waals surface area contributed by atoms with Crippen molar-refractivity contribution in [1.29, 1.82) is 0 Å². The molecule has 7 heteroatoms. The third kappa shape index (κ3) is 4.71. The number of carboxylic acids is 1. The number of benzene rings is 1. The highest BCUT2D eigenvalue weighted by molar-refractivity contribution is 7.89. The van der Waals surface area contributed by atoms with Crippen LogP contribution in [0.1, 0.15) is 20.3 Å². The van der Waals surface area contributed by atoms with E-state index in [2.05, 4.69) is 0 Å². The van der Waals surface area contributed by atoms with Crippen molar-refractivity contribution in [2.24, 2.45) is 5.92 Å². The summed E-state index contributed by atoms with van der Waals surface area (Å²) in [5, 5.41) is 8.85. The Morgan fingerprint density at radius 1 is 1.33 bits per heavy atom. The van der Waals surface area contributed by atoms with Gasteiger partial charge in [-0.1, -0.05) is 13.8 Å². The van der Waals surface area contributed by atoms with Crippen LogP contribution in [0.2, 0.25) is 0 Å². The standard InChI is InChI=1S/C14H21NO5S/c1-4-9-20-12-5-7-13(8-6-12)21(18,19)15(3)10-11(2)14(16)17/h5-8,11H,4,9-10H2,1-3H3,(H,16,17). The molecule has 0 bridgehead atoms. The predicted octanol–water partition coefficient (Wildman–Crippen LogP) is 1.82.